The highest BCUT2D eigenvalue weighted by atomic mass is 16.3. The lowest BCUT2D eigenvalue weighted by Gasteiger charge is -2.18. The van der Waals surface area contributed by atoms with Gasteiger partial charge < -0.3 is 14.6 Å². The van der Waals surface area contributed by atoms with E-state index in [0.717, 1.165) is 50.5 Å². The van der Waals surface area contributed by atoms with Crippen LogP contribution in [0, 0.1) is 0 Å². The van der Waals surface area contributed by atoms with Gasteiger partial charge >= 0.3 is 0 Å². The molecule has 0 aliphatic heterocycles. The van der Waals surface area contributed by atoms with E-state index in [4.69, 9.17) is 4.42 Å². The van der Waals surface area contributed by atoms with Crippen LogP contribution in [-0.2, 0) is 13.0 Å². The highest BCUT2D eigenvalue weighted by molar-refractivity contribution is 5.82. The molecule has 2 rings (SSSR count). The third-order valence-corrected chi connectivity index (χ3v) is 3.90. The molecule has 0 aliphatic carbocycles. The van der Waals surface area contributed by atoms with Crippen molar-refractivity contribution in [3.05, 3.63) is 35.6 Å². The fraction of sp³-hybridized carbons (Fsp3) is 0.529. The first-order valence-electron chi connectivity index (χ1n) is 7.72. The number of fused-ring (bicyclic) bond motifs is 1. The van der Waals surface area contributed by atoms with E-state index in [0.29, 0.717) is 0 Å². The van der Waals surface area contributed by atoms with Crippen LogP contribution in [0.1, 0.15) is 32.1 Å². The second-order valence-corrected chi connectivity index (χ2v) is 5.06. The van der Waals surface area contributed by atoms with Crippen molar-refractivity contribution in [3.8, 4) is 0 Å². The number of aryl methyl sites for hydroxylation is 1. The summed E-state index contributed by atoms with van der Waals surface area (Å²) in [5.41, 5.74) is 2.33. The number of nitrogens with zero attached hydrogens (tertiary/aromatic N) is 1. The summed E-state index contributed by atoms with van der Waals surface area (Å²) < 4.78 is 5.92. The molecular weight excluding hydrogens is 248 g/mol. The molecule has 0 spiro atoms. The van der Waals surface area contributed by atoms with E-state index in [2.05, 4.69) is 43.1 Å². The van der Waals surface area contributed by atoms with Gasteiger partial charge in [-0.25, -0.2) is 0 Å². The van der Waals surface area contributed by atoms with E-state index in [-0.39, 0.29) is 0 Å². The van der Waals surface area contributed by atoms with Gasteiger partial charge in [-0.1, -0.05) is 39.0 Å². The Morgan fingerprint density at radius 2 is 1.85 bits per heavy atom. The summed E-state index contributed by atoms with van der Waals surface area (Å²) in [4.78, 5) is 2.43. The molecule has 3 nitrogen and oxygen atoms in total. The van der Waals surface area contributed by atoms with Crippen LogP contribution in [0.2, 0.25) is 0 Å². The topological polar surface area (TPSA) is 28.4 Å². The molecule has 0 bridgehead atoms. The Labute approximate surface area is 122 Å². The van der Waals surface area contributed by atoms with Crippen molar-refractivity contribution in [3.63, 3.8) is 0 Å². The first kappa shape index (κ1) is 15.1. The number of benzene rings is 1. The minimum atomic E-state index is 0.890. The van der Waals surface area contributed by atoms with Crippen molar-refractivity contribution in [2.24, 2.45) is 0 Å². The minimum absolute atomic E-state index is 0.890. The maximum Gasteiger partial charge on any atom is 0.134 e. The Hall–Kier alpha value is -1.32. The maximum absolute atomic E-state index is 5.92. The van der Waals surface area contributed by atoms with Crippen LogP contribution in [0.3, 0.4) is 0 Å². The van der Waals surface area contributed by atoms with E-state index < -0.39 is 0 Å². The molecule has 0 saturated heterocycles. The van der Waals surface area contributed by atoms with Gasteiger partial charge in [-0.2, -0.15) is 0 Å². The van der Waals surface area contributed by atoms with Crippen molar-refractivity contribution < 1.29 is 4.42 Å². The van der Waals surface area contributed by atoms with Gasteiger partial charge in [0.05, 0.1) is 0 Å². The second-order valence-electron chi connectivity index (χ2n) is 5.06. The number of hydrogen-bond acceptors (Lipinski definition) is 3. The number of rotatable bonds is 8. The summed E-state index contributed by atoms with van der Waals surface area (Å²) in [5, 5.41) is 4.80. The molecule has 0 atom stereocenters. The standard InChI is InChI=1S/C17H26N2O/c1-4-16-15(13-18-11-12-19(5-2)6-3)14-9-7-8-10-17(14)20-16/h7-10,18H,4-6,11-13H2,1-3H3. The Morgan fingerprint density at radius 3 is 2.55 bits per heavy atom. The van der Waals surface area contributed by atoms with Crippen molar-refractivity contribution in [2.75, 3.05) is 26.2 Å². The molecule has 0 unspecified atom stereocenters. The van der Waals surface area contributed by atoms with Crippen LogP contribution in [0.15, 0.2) is 28.7 Å². The number of furan rings is 1. The summed E-state index contributed by atoms with van der Waals surface area (Å²) >= 11 is 0. The van der Waals surface area contributed by atoms with E-state index in [1.807, 2.05) is 12.1 Å². The first-order valence-corrected chi connectivity index (χ1v) is 7.72. The molecule has 1 aromatic heterocycles. The molecule has 0 aliphatic rings. The van der Waals surface area contributed by atoms with Gasteiger partial charge in [-0.05, 0) is 19.2 Å². The summed E-state index contributed by atoms with van der Waals surface area (Å²) in [7, 11) is 0. The summed E-state index contributed by atoms with van der Waals surface area (Å²) in [5.74, 6) is 1.11. The fourth-order valence-corrected chi connectivity index (χ4v) is 2.62. The predicted molar refractivity (Wildman–Crippen MR) is 85.1 cm³/mol. The Morgan fingerprint density at radius 1 is 1.10 bits per heavy atom. The van der Waals surface area contributed by atoms with Crippen molar-refractivity contribution >= 4 is 11.0 Å². The van der Waals surface area contributed by atoms with Crippen LogP contribution in [0.25, 0.3) is 11.0 Å². The van der Waals surface area contributed by atoms with Crippen molar-refractivity contribution in [1.29, 1.82) is 0 Å². The van der Waals surface area contributed by atoms with Crippen molar-refractivity contribution in [1.82, 2.24) is 10.2 Å². The Kier molecular flexibility index (Phi) is 5.62. The average molecular weight is 274 g/mol. The van der Waals surface area contributed by atoms with Crippen molar-refractivity contribution in [2.45, 2.75) is 33.7 Å². The molecule has 1 aromatic carbocycles. The van der Waals surface area contributed by atoms with E-state index in [1.54, 1.807) is 0 Å². The monoisotopic (exact) mass is 274 g/mol. The molecule has 0 saturated carbocycles. The molecule has 20 heavy (non-hydrogen) atoms. The number of nitrogens with one attached hydrogen (secondary N) is 1. The molecule has 2 aromatic rings. The molecule has 1 heterocycles. The fourth-order valence-electron chi connectivity index (χ4n) is 2.62. The van der Waals surface area contributed by atoms with Gasteiger partial charge in [-0.3, -0.25) is 0 Å². The quantitative estimate of drug-likeness (QED) is 0.748. The molecule has 3 heteroatoms. The van der Waals surface area contributed by atoms with Gasteiger partial charge in [0.2, 0.25) is 0 Å². The largest absolute Gasteiger partial charge is 0.461 e. The van der Waals surface area contributed by atoms with Gasteiger partial charge in [0, 0.05) is 37.0 Å². The van der Waals surface area contributed by atoms with Gasteiger partial charge in [0.25, 0.3) is 0 Å². The number of hydrogen-bond donors (Lipinski definition) is 1. The van der Waals surface area contributed by atoms with E-state index in [9.17, 15) is 0 Å². The maximum atomic E-state index is 5.92. The average Bonchev–Trinajstić information content (AvgIpc) is 2.85. The van der Waals surface area contributed by atoms with E-state index >= 15 is 0 Å². The molecular formula is C17H26N2O. The molecule has 1 N–H and O–H groups in total. The van der Waals surface area contributed by atoms with Gasteiger partial charge in [0.1, 0.15) is 11.3 Å². The highest BCUT2D eigenvalue weighted by Gasteiger charge is 2.11. The van der Waals surface area contributed by atoms with Crippen LogP contribution in [0.5, 0.6) is 0 Å². The van der Waals surface area contributed by atoms with Crippen LogP contribution >= 0.6 is 0 Å². The lowest BCUT2D eigenvalue weighted by Crippen LogP contribution is -2.31. The lowest BCUT2D eigenvalue weighted by molar-refractivity contribution is 0.302. The third-order valence-electron chi connectivity index (χ3n) is 3.90. The predicted octanol–water partition coefficient (Wildman–Crippen LogP) is 3.43. The third kappa shape index (κ3) is 3.41. The zero-order chi connectivity index (χ0) is 14.4. The molecule has 0 radical (unpaired) electrons. The minimum Gasteiger partial charge on any atom is -0.461 e. The van der Waals surface area contributed by atoms with E-state index in [1.165, 1.54) is 10.9 Å². The normalized spacial score (nSPS) is 11.6. The summed E-state index contributed by atoms with van der Waals surface area (Å²) in [6.45, 7) is 11.8. The first-order chi connectivity index (χ1) is 9.80. The molecule has 0 amide bonds. The summed E-state index contributed by atoms with van der Waals surface area (Å²) in [6, 6.07) is 8.31. The highest BCUT2D eigenvalue weighted by Crippen LogP contribution is 2.25. The molecule has 110 valence electrons. The lowest BCUT2D eigenvalue weighted by atomic mass is 10.1. The van der Waals surface area contributed by atoms with Gasteiger partial charge in [-0.15, -0.1) is 0 Å². The number of para-hydroxylation sites is 1. The van der Waals surface area contributed by atoms with Gasteiger partial charge in [0.15, 0.2) is 0 Å². The summed E-state index contributed by atoms with van der Waals surface area (Å²) in [6.07, 6.45) is 0.946. The Bertz CT molecular complexity index is 529. The number of likely N-dealkylation sites (N-methyl/N-ethyl adjacent to an activating group) is 1. The second kappa shape index (κ2) is 7.46. The van der Waals surface area contributed by atoms with Crippen LogP contribution < -0.4 is 5.32 Å². The molecule has 0 fully saturated rings. The zero-order valence-corrected chi connectivity index (χ0v) is 12.9. The zero-order valence-electron chi connectivity index (χ0n) is 12.9. The Balaban J connectivity index is 1.98. The smallest absolute Gasteiger partial charge is 0.134 e. The van der Waals surface area contributed by atoms with Crippen LogP contribution in [-0.4, -0.2) is 31.1 Å². The van der Waals surface area contributed by atoms with Crippen LogP contribution in [0.4, 0.5) is 0 Å². The SMILES string of the molecule is CCc1oc2ccccc2c1CNCCN(CC)CC.